The second-order valence-electron chi connectivity index (χ2n) is 18.7. The molecule has 0 amide bonds. The first kappa shape index (κ1) is 40.9. The Morgan fingerprint density at radius 2 is 1.06 bits per heavy atom. The number of carbonyl (C=O) groups is 1. The van der Waals surface area contributed by atoms with E-state index in [0.29, 0.717) is 72.6 Å². The van der Waals surface area contributed by atoms with Crippen LogP contribution >= 0.6 is 0 Å². The first-order valence-corrected chi connectivity index (χ1v) is 21.6. The van der Waals surface area contributed by atoms with Gasteiger partial charge in [0.15, 0.2) is 34.4 Å². The van der Waals surface area contributed by atoms with Crippen LogP contribution < -0.4 is 11.5 Å². The molecule has 0 bridgehead atoms. The van der Waals surface area contributed by atoms with Crippen LogP contribution in [0, 0.1) is 34.5 Å². The first-order chi connectivity index (χ1) is 29.7. The van der Waals surface area contributed by atoms with Gasteiger partial charge >= 0.3 is 6.16 Å². The fourth-order valence-corrected chi connectivity index (χ4v) is 11.0. The molecule has 8 heterocycles. The number of aromatic nitrogens is 6. The van der Waals surface area contributed by atoms with Crippen molar-refractivity contribution in [3.8, 4) is 12.1 Å². The molecule has 4 aromatic heterocycles. The van der Waals surface area contributed by atoms with E-state index in [1.54, 1.807) is 9.03 Å². The number of nitriles is 2. The maximum atomic E-state index is 13.1. The third-order valence-corrected chi connectivity index (χ3v) is 13.7. The number of anilines is 2. The van der Waals surface area contributed by atoms with E-state index in [9.17, 15) is 15.3 Å². The van der Waals surface area contributed by atoms with Crippen LogP contribution in [0.4, 0.5) is 16.4 Å². The average Bonchev–Trinajstić information content (AvgIpc) is 4.09. The Morgan fingerprint density at radius 1 is 0.661 bits per heavy atom. The predicted octanol–water partition coefficient (Wildman–Crippen LogP) is 5.40. The van der Waals surface area contributed by atoms with Gasteiger partial charge in [0, 0.05) is 0 Å². The van der Waals surface area contributed by atoms with Crippen LogP contribution in [-0.4, -0.2) is 94.8 Å². The van der Waals surface area contributed by atoms with Gasteiger partial charge in [-0.2, -0.15) is 20.7 Å². The Balaban J connectivity index is 0.726. The van der Waals surface area contributed by atoms with Crippen molar-refractivity contribution in [2.75, 3.05) is 11.5 Å². The molecular formula is C43H52N10O9. The van der Waals surface area contributed by atoms with E-state index in [4.69, 9.17) is 49.4 Å². The van der Waals surface area contributed by atoms with Crippen molar-refractivity contribution in [2.45, 2.75) is 164 Å². The van der Waals surface area contributed by atoms with Gasteiger partial charge in [-0.15, -0.1) is 0 Å². The Labute approximate surface area is 357 Å². The van der Waals surface area contributed by atoms with Crippen LogP contribution in [0.5, 0.6) is 0 Å². The van der Waals surface area contributed by atoms with Crippen LogP contribution in [0.25, 0.3) is 11.0 Å². The lowest BCUT2D eigenvalue weighted by molar-refractivity contribution is -0.203. The van der Waals surface area contributed by atoms with E-state index in [0.717, 1.165) is 25.7 Å². The van der Waals surface area contributed by atoms with Crippen LogP contribution in [-0.2, 0) is 37.9 Å². The molecule has 4 saturated heterocycles. The topological polar surface area (TPSA) is 251 Å². The Hall–Kier alpha value is -5.15. The highest BCUT2D eigenvalue weighted by Crippen LogP contribution is 2.55. The number of fused-ring (bicyclic) bond motifs is 4. The maximum Gasteiger partial charge on any atom is 0.508 e. The summed E-state index contributed by atoms with van der Waals surface area (Å²) in [6.07, 6.45) is 4.29. The molecule has 0 radical (unpaired) electrons. The normalized spacial score (nSPS) is 37.1. The van der Waals surface area contributed by atoms with Crippen LogP contribution in [0.3, 0.4) is 0 Å². The van der Waals surface area contributed by atoms with Gasteiger partial charge in [-0.05, 0) is 128 Å². The second kappa shape index (κ2) is 15.0. The monoisotopic (exact) mass is 852 g/mol. The minimum absolute atomic E-state index is 0.128. The van der Waals surface area contributed by atoms with Crippen LogP contribution in [0.15, 0.2) is 36.9 Å². The minimum atomic E-state index is -1.27. The van der Waals surface area contributed by atoms with Gasteiger partial charge in [0.2, 0.25) is 0 Å². The van der Waals surface area contributed by atoms with Crippen molar-refractivity contribution >= 4 is 28.8 Å². The lowest BCUT2D eigenvalue weighted by Gasteiger charge is -2.36. The fraction of sp³-hybridized carbons (Fsp3) is 0.651. The van der Waals surface area contributed by atoms with Gasteiger partial charge in [-0.1, -0.05) is 0 Å². The molecule has 2 saturated carbocycles. The van der Waals surface area contributed by atoms with E-state index in [1.165, 1.54) is 12.7 Å². The molecule has 8 atom stereocenters. The number of rotatable bonds is 8. The summed E-state index contributed by atoms with van der Waals surface area (Å²) in [4.78, 5) is 21.3. The summed E-state index contributed by atoms with van der Waals surface area (Å²) >= 11 is 0. The van der Waals surface area contributed by atoms with Gasteiger partial charge < -0.3 is 49.4 Å². The molecule has 2 aliphatic carbocycles. The summed E-state index contributed by atoms with van der Waals surface area (Å²) in [6.45, 7) is 7.37. The molecule has 4 aromatic rings. The number of hydrogen-bond donors (Lipinski definition) is 2. The number of nitrogen functional groups attached to an aromatic ring is 2. The lowest BCUT2D eigenvalue weighted by Crippen LogP contribution is -2.44. The number of ether oxygens (including phenoxy) is 8. The maximum absolute atomic E-state index is 13.1. The zero-order chi connectivity index (χ0) is 43.2. The van der Waals surface area contributed by atoms with Gasteiger partial charge in [0.1, 0.15) is 84.7 Å². The molecule has 10 rings (SSSR count). The van der Waals surface area contributed by atoms with E-state index in [1.807, 2.05) is 52.0 Å². The largest absolute Gasteiger partial charge is 0.508 e. The third kappa shape index (κ3) is 6.99. The highest BCUT2D eigenvalue weighted by Gasteiger charge is 2.66. The third-order valence-electron chi connectivity index (χ3n) is 13.7. The fourth-order valence-electron chi connectivity index (χ4n) is 11.0. The summed E-state index contributed by atoms with van der Waals surface area (Å²) in [5.41, 5.74) is 12.4. The molecule has 4 unspecified atom stereocenters. The first-order valence-electron chi connectivity index (χ1n) is 21.6. The summed E-state index contributed by atoms with van der Waals surface area (Å²) in [7, 11) is 0. The number of hydrogen-bond acceptors (Lipinski definition) is 17. The van der Waals surface area contributed by atoms with E-state index in [2.05, 4.69) is 32.3 Å². The van der Waals surface area contributed by atoms with Crippen LogP contribution in [0.1, 0.15) is 115 Å². The quantitative estimate of drug-likeness (QED) is 0.211. The summed E-state index contributed by atoms with van der Waals surface area (Å²) in [5.74, 6) is -0.890. The molecule has 0 spiro atoms. The molecule has 4 aliphatic heterocycles. The van der Waals surface area contributed by atoms with Crippen molar-refractivity contribution in [2.24, 2.45) is 11.8 Å². The molecule has 328 valence electrons. The number of nitrogens with zero attached hydrogens (tertiary/aromatic N) is 8. The zero-order valence-corrected chi connectivity index (χ0v) is 35.2. The number of carbonyl (C=O) groups excluding carboxylic acids is 1. The molecule has 6 fully saturated rings. The zero-order valence-electron chi connectivity index (χ0n) is 35.2. The Morgan fingerprint density at radius 3 is 1.45 bits per heavy atom. The molecule has 6 aliphatic rings. The SMILES string of the molecule is CC1(C)OC2C(O1)[C@](C#N)(CC1CCC(OC(=O)OC3CCC(C[C@]4(C#N)O[C@@H](c5ccc6c(N)ncnn56)C5OC(C)(C)OC54)CC3)CC1)O[C@H]2c1ccc2c(N)ncnn12. The van der Waals surface area contributed by atoms with Crippen molar-refractivity contribution in [3.63, 3.8) is 0 Å². The van der Waals surface area contributed by atoms with E-state index in [-0.39, 0.29) is 24.0 Å². The molecule has 62 heavy (non-hydrogen) atoms. The molecule has 19 heteroatoms. The average molecular weight is 853 g/mol. The van der Waals surface area contributed by atoms with E-state index < -0.39 is 65.6 Å². The van der Waals surface area contributed by atoms with Gasteiger partial charge in [-0.25, -0.2) is 23.8 Å². The van der Waals surface area contributed by atoms with Gasteiger partial charge in [0.05, 0.1) is 11.4 Å². The highest BCUT2D eigenvalue weighted by molar-refractivity contribution is 5.66. The molecular weight excluding hydrogens is 801 g/mol. The number of nitrogens with two attached hydrogens (primary N) is 2. The van der Waals surface area contributed by atoms with Crippen molar-refractivity contribution in [1.29, 1.82) is 10.5 Å². The van der Waals surface area contributed by atoms with Crippen molar-refractivity contribution in [1.82, 2.24) is 29.2 Å². The van der Waals surface area contributed by atoms with Gasteiger partial charge in [-0.3, -0.25) is 0 Å². The van der Waals surface area contributed by atoms with Crippen LogP contribution in [0.2, 0.25) is 0 Å². The summed E-state index contributed by atoms with van der Waals surface area (Å²) < 4.78 is 53.9. The summed E-state index contributed by atoms with van der Waals surface area (Å²) in [6, 6.07) is 12.4. The van der Waals surface area contributed by atoms with Crippen molar-refractivity contribution in [3.05, 3.63) is 48.3 Å². The highest BCUT2D eigenvalue weighted by atomic mass is 16.8. The summed E-state index contributed by atoms with van der Waals surface area (Å²) in [5, 5.41) is 30.3. The van der Waals surface area contributed by atoms with Crippen molar-refractivity contribution < 1.29 is 42.7 Å². The Kier molecular flexibility index (Phi) is 9.89. The molecule has 0 aromatic carbocycles. The van der Waals surface area contributed by atoms with Gasteiger partial charge in [0.25, 0.3) is 0 Å². The second-order valence-corrected chi connectivity index (χ2v) is 18.7. The minimum Gasteiger partial charge on any atom is -0.431 e. The predicted molar refractivity (Wildman–Crippen MR) is 215 cm³/mol. The lowest BCUT2D eigenvalue weighted by atomic mass is 9.78. The Bertz CT molecular complexity index is 2280. The molecule has 19 nitrogen and oxygen atoms in total. The molecule has 4 N–H and O–H groups in total. The standard InChI is InChI=1S/C43H52N10O9/c1-40(2)57-33-31(27-13-15-29-37(46)48-21-50-52(27)29)59-42(19-44,35(33)61-40)17-23-5-9-25(10-6-23)55-39(54)56-26-11-7-24(8-12-26)18-43(20-45)36-34(58-41(3,4)62-36)32(60-43)28-14-16-30-38(47)49-22-51-53(28)30/h13-16,21-26,31-36H,5-12,17-18H2,1-4H3,(H2,46,48,50)(H2,47,49,51)/t23?,24?,25?,26?,31-,32-,33?,34?,35?,36?,42+,43+/m0/s1. The smallest absolute Gasteiger partial charge is 0.431 e. The van der Waals surface area contributed by atoms with E-state index >= 15 is 0 Å².